The van der Waals surface area contributed by atoms with Crippen LogP contribution in [0, 0.1) is 5.92 Å². The Kier molecular flexibility index (Phi) is 5.96. The number of hydrogen-bond acceptors (Lipinski definition) is 2. The molecule has 0 bridgehead atoms. The second kappa shape index (κ2) is 8.10. The Balaban J connectivity index is 2.13. The molecule has 5 heteroatoms. The molecule has 0 radical (unpaired) electrons. The molecule has 2 nitrogen and oxygen atoms in total. The Hall–Kier alpha value is -2.11. The van der Waals surface area contributed by atoms with Gasteiger partial charge in [-0.2, -0.15) is 13.2 Å². The number of aliphatic hydroxyl groups is 1. The molecule has 1 aliphatic rings. The van der Waals surface area contributed by atoms with E-state index in [9.17, 15) is 18.3 Å². The molecule has 0 spiro atoms. The van der Waals surface area contributed by atoms with E-state index in [4.69, 9.17) is 0 Å². The Morgan fingerprint density at radius 2 is 1.82 bits per heavy atom. The summed E-state index contributed by atoms with van der Waals surface area (Å²) < 4.78 is 39.9. The van der Waals surface area contributed by atoms with Gasteiger partial charge in [0.25, 0.3) is 0 Å². The van der Waals surface area contributed by atoms with Crippen molar-refractivity contribution in [3.05, 3.63) is 76.9 Å². The van der Waals surface area contributed by atoms with E-state index in [1.165, 1.54) is 6.07 Å². The highest BCUT2D eigenvalue weighted by atomic mass is 19.4. The SMILES string of the molecule is CN(C)CC1CCCC(=Cc2ccccc2)C1(O)c1cccc(C(F)(F)F)c1. The zero-order chi connectivity index (χ0) is 20.4. The van der Waals surface area contributed by atoms with Crippen molar-refractivity contribution in [1.29, 1.82) is 0 Å². The lowest BCUT2D eigenvalue weighted by Gasteiger charge is -2.44. The highest BCUT2D eigenvalue weighted by molar-refractivity contribution is 5.57. The van der Waals surface area contributed by atoms with Gasteiger partial charge in [0.2, 0.25) is 0 Å². The van der Waals surface area contributed by atoms with Crippen molar-refractivity contribution in [2.45, 2.75) is 31.0 Å². The van der Waals surface area contributed by atoms with Crippen LogP contribution >= 0.6 is 0 Å². The third-order valence-electron chi connectivity index (χ3n) is 5.44. The maximum atomic E-state index is 13.3. The van der Waals surface area contributed by atoms with E-state index in [0.29, 0.717) is 18.5 Å². The second-order valence-corrected chi connectivity index (χ2v) is 7.78. The predicted octanol–water partition coefficient (Wildman–Crippen LogP) is 5.34. The Bertz CT molecular complexity index is 829. The van der Waals surface area contributed by atoms with Crippen molar-refractivity contribution < 1.29 is 18.3 Å². The van der Waals surface area contributed by atoms with Gasteiger partial charge in [-0.25, -0.2) is 0 Å². The van der Waals surface area contributed by atoms with Crippen molar-refractivity contribution in [3.63, 3.8) is 0 Å². The molecule has 2 aromatic carbocycles. The van der Waals surface area contributed by atoms with Crippen LogP contribution in [-0.2, 0) is 11.8 Å². The van der Waals surface area contributed by atoms with Crippen molar-refractivity contribution in [2.75, 3.05) is 20.6 Å². The zero-order valence-corrected chi connectivity index (χ0v) is 16.2. The normalized spacial score (nSPS) is 24.7. The summed E-state index contributed by atoms with van der Waals surface area (Å²) in [6.07, 6.45) is -0.190. The second-order valence-electron chi connectivity index (χ2n) is 7.78. The molecular weight excluding hydrogens is 363 g/mol. The van der Waals surface area contributed by atoms with Gasteiger partial charge in [0, 0.05) is 12.5 Å². The number of alkyl halides is 3. The van der Waals surface area contributed by atoms with Crippen molar-refractivity contribution in [2.24, 2.45) is 5.92 Å². The molecule has 3 rings (SSSR count). The van der Waals surface area contributed by atoms with Crippen LogP contribution in [0.2, 0.25) is 0 Å². The number of rotatable bonds is 4. The summed E-state index contributed by atoms with van der Waals surface area (Å²) in [6.45, 7) is 0.596. The van der Waals surface area contributed by atoms with Crippen molar-refractivity contribution in [1.82, 2.24) is 4.90 Å². The van der Waals surface area contributed by atoms with Gasteiger partial charge in [-0.05, 0) is 62.2 Å². The molecule has 1 aliphatic carbocycles. The predicted molar refractivity (Wildman–Crippen MR) is 106 cm³/mol. The van der Waals surface area contributed by atoms with E-state index in [1.54, 1.807) is 6.07 Å². The maximum absolute atomic E-state index is 13.3. The first-order valence-corrected chi connectivity index (χ1v) is 9.52. The largest absolute Gasteiger partial charge is 0.416 e. The fourth-order valence-electron chi connectivity index (χ4n) is 4.15. The first-order chi connectivity index (χ1) is 13.2. The van der Waals surface area contributed by atoms with Crippen LogP contribution in [0.25, 0.3) is 6.08 Å². The van der Waals surface area contributed by atoms with Crippen LogP contribution in [0.5, 0.6) is 0 Å². The lowest BCUT2D eigenvalue weighted by molar-refractivity contribution is -0.137. The number of halogens is 3. The van der Waals surface area contributed by atoms with Gasteiger partial charge in [0.1, 0.15) is 5.60 Å². The quantitative estimate of drug-likeness (QED) is 0.763. The van der Waals surface area contributed by atoms with E-state index in [1.807, 2.05) is 55.4 Å². The smallest absolute Gasteiger partial charge is 0.380 e. The standard InChI is InChI=1S/C23H26F3NO/c1-27(2)16-21-13-7-10-18(14-17-8-4-3-5-9-17)22(21,28)19-11-6-12-20(15-19)23(24,25)26/h3-6,8-9,11-12,14-15,21,28H,7,10,13,16H2,1-2H3. The van der Waals surface area contributed by atoms with E-state index in [-0.39, 0.29) is 5.92 Å². The molecule has 2 aromatic rings. The Morgan fingerprint density at radius 3 is 2.46 bits per heavy atom. The minimum Gasteiger partial charge on any atom is -0.380 e. The molecule has 2 unspecified atom stereocenters. The van der Waals surface area contributed by atoms with Crippen LogP contribution in [0.15, 0.2) is 60.2 Å². The van der Waals surface area contributed by atoms with Crippen LogP contribution in [0.3, 0.4) is 0 Å². The molecule has 2 atom stereocenters. The average Bonchev–Trinajstić information content (AvgIpc) is 2.65. The highest BCUT2D eigenvalue weighted by Gasteiger charge is 2.45. The van der Waals surface area contributed by atoms with Crippen molar-refractivity contribution >= 4 is 6.08 Å². The van der Waals surface area contributed by atoms with Gasteiger partial charge >= 0.3 is 6.18 Å². The summed E-state index contributed by atoms with van der Waals surface area (Å²) in [6, 6.07) is 14.8. The highest BCUT2D eigenvalue weighted by Crippen LogP contribution is 2.47. The van der Waals surface area contributed by atoms with Crippen LogP contribution in [-0.4, -0.2) is 30.6 Å². The lowest BCUT2D eigenvalue weighted by atomic mass is 9.67. The molecule has 0 aliphatic heterocycles. The summed E-state index contributed by atoms with van der Waals surface area (Å²) in [4.78, 5) is 1.98. The summed E-state index contributed by atoms with van der Waals surface area (Å²) in [5, 5.41) is 11.9. The first kappa shape index (κ1) is 20.6. The number of benzene rings is 2. The van der Waals surface area contributed by atoms with Gasteiger partial charge in [0.15, 0.2) is 0 Å². The molecule has 0 amide bonds. The van der Waals surface area contributed by atoms with E-state index in [2.05, 4.69) is 0 Å². The first-order valence-electron chi connectivity index (χ1n) is 9.52. The summed E-state index contributed by atoms with van der Waals surface area (Å²) in [5.41, 5.74) is -0.133. The molecule has 0 saturated heterocycles. The molecular formula is C23H26F3NO. The van der Waals surface area contributed by atoms with Crippen LogP contribution in [0.4, 0.5) is 13.2 Å². The van der Waals surface area contributed by atoms with E-state index >= 15 is 0 Å². The van der Waals surface area contributed by atoms with E-state index < -0.39 is 17.3 Å². The third kappa shape index (κ3) is 4.31. The monoisotopic (exact) mass is 389 g/mol. The Morgan fingerprint density at radius 1 is 1.11 bits per heavy atom. The average molecular weight is 389 g/mol. The fourth-order valence-corrected chi connectivity index (χ4v) is 4.15. The minimum atomic E-state index is -4.44. The summed E-state index contributed by atoms with van der Waals surface area (Å²) in [7, 11) is 3.84. The lowest BCUT2D eigenvalue weighted by Crippen LogP contribution is -2.44. The van der Waals surface area contributed by atoms with Gasteiger partial charge in [0.05, 0.1) is 5.56 Å². The number of nitrogens with zero attached hydrogens (tertiary/aromatic N) is 1. The summed E-state index contributed by atoms with van der Waals surface area (Å²) >= 11 is 0. The Labute approximate surface area is 164 Å². The molecule has 0 heterocycles. The van der Waals surface area contributed by atoms with Gasteiger partial charge in [-0.1, -0.05) is 48.5 Å². The summed E-state index contributed by atoms with van der Waals surface area (Å²) in [5.74, 6) is -0.185. The topological polar surface area (TPSA) is 23.5 Å². The minimum absolute atomic E-state index is 0.185. The molecule has 28 heavy (non-hydrogen) atoms. The molecule has 150 valence electrons. The van der Waals surface area contributed by atoms with Gasteiger partial charge in [-0.3, -0.25) is 0 Å². The van der Waals surface area contributed by atoms with Crippen LogP contribution in [0.1, 0.15) is 36.0 Å². The molecule has 1 N–H and O–H groups in total. The number of hydrogen-bond donors (Lipinski definition) is 1. The van der Waals surface area contributed by atoms with E-state index in [0.717, 1.165) is 36.1 Å². The van der Waals surface area contributed by atoms with Gasteiger partial charge < -0.3 is 10.0 Å². The molecule has 1 saturated carbocycles. The third-order valence-corrected chi connectivity index (χ3v) is 5.44. The van der Waals surface area contributed by atoms with Gasteiger partial charge in [-0.15, -0.1) is 0 Å². The van der Waals surface area contributed by atoms with Crippen LogP contribution < -0.4 is 0 Å². The molecule has 1 fully saturated rings. The molecule has 0 aromatic heterocycles. The maximum Gasteiger partial charge on any atom is 0.416 e. The zero-order valence-electron chi connectivity index (χ0n) is 16.2. The fraction of sp³-hybridized carbons (Fsp3) is 0.391. The van der Waals surface area contributed by atoms with Crippen molar-refractivity contribution in [3.8, 4) is 0 Å².